The van der Waals surface area contributed by atoms with Gasteiger partial charge >= 0.3 is 0 Å². The van der Waals surface area contributed by atoms with Crippen molar-refractivity contribution in [1.29, 1.82) is 0 Å². The minimum Gasteiger partial charge on any atom is -0.399 e. The standard InChI is InChI=1S/C15H16N4S/c1-18-7-6-13-14(9-18)20-15-17-12(8-19(13)15)10-2-4-11(16)5-3-10/h2-5,8H,6-7,9,16H2,1H3. The average molecular weight is 284 g/mol. The van der Waals surface area contributed by atoms with Crippen LogP contribution in [0.15, 0.2) is 30.5 Å². The lowest BCUT2D eigenvalue weighted by molar-refractivity contribution is 0.314. The van der Waals surface area contributed by atoms with Crippen LogP contribution in [0, 0.1) is 0 Å². The normalized spacial score (nSPS) is 15.7. The molecule has 0 radical (unpaired) electrons. The molecule has 0 saturated heterocycles. The van der Waals surface area contributed by atoms with E-state index in [4.69, 9.17) is 10.7 Å². The maximum absolute atomic E-state index is 5.74. The van der Waals surface area contributed by atoms with Crippen LogP contribution in [0.2, 0.25) is 0 Å². The fourth-order valence-corrected chi connectivity index (χ4v) is 3.96. The van der Waals surface area contributed by atoms with Crippen LogP contribution in [-0.4, -0.2) is 27.9 Å². The van der Waals surface area contributed by atoms with E-state index in [1.54, 1.807) is 0 Å². The Kier molecular flexibility index (Phi) is 2.58. The average Bonchev–Trinajstić information content (AvgIpc) is 2.96. The highest BCUT2D eigenvalue weighted by Gasteiger charge is 2.20. The Morgan fingerprint density at radius 2 is 2.05 bits per heavy atom. The molecule has 1 aliphatic rings. The fraction of sp³-hybridized carbons (Fsp3) is 0.267. The Balaban J connectivity index is 1.80. The minimum atomic E-state index is 0.787. The summed E-state index contributed by atoms with van der Waals surface area (Å²) in [5.74, 6) is 0. The molecule has 1 aliphatic heterocycles. The number of thiazole rings is 1. The van der Waals surface area contributed by atoms with E-state index in [0.29, 0.717) is 0 Å². The number of aromatic nitrogens is 2. The first kappa shape index (κ1) is 11.9. The molecule has 0 aliphatic carbocycles. The molecule has 0 bridgehead atoms. The van der Waals surface area contributed by atoms with E-state index >= 15 is 0 Å². The number of hydrogen-bond donors (Lipinski definition) is 1. The van der Waals surface area contributed by atoms with Gasteiger partial charge in [-0.05, 0) is 19.2 Å². The molecular weight excluding hydrogens is 268 g/mol. The van der Waals surface area contributed by atoms with Crippen LogP contribution in [-0.2, 0) is 13.0 Å². The van der Waals surface area contributed by atoms with Crippen LogP contribution in [0.1, 0.15) is 10.6 Å². The van der Waals surface area contributed by atoms with Crippen molar-refractivity contribution < 1.29 is 0 Å². The molecule has 2 aromatic heterocycles. The van der Waals surface area contributed by atoms with Crippen LogP contribution in [0.3, 0.4) is 0 Å². The van der Waals surface area contributed by atoms with Crippen LogP contribution in [0.5, 0.6) is 0 Å². The van der Waals surface area contributed by atoms with Gasteiger partial charge in [-0.1, -0.05) is 23.5 Å². The number of fused-ring (bicyclic) bond motifs is 3. The van der Waals surface area contributed by atoms with Crippen molar-refractivity contribution in [2.75, 3.05) is 19.3 Å². The van der Waals surface area contributed by atoms with E-state index in [1.165, 1.54) is 10.6 Å². The topological polar surface area (TPSA) is 46.6 Å². The quantitative estimate of drug-likeness (QED) is 0.699. The number of likely N-dealkylation sites (N-methyl/N-ethyl adjacent to an activating group) is 1. The maximum atomic E-state index is 5.74. The van der Waals surface area contributed by atoms with E-state index < -0.39 is 0 Å². The SMILES string of the molecule is CN1CCc2c(sc3nc(-c4ccc(N)cc4)cn23)C1. The van der Waals surface area contributed by atoms with Crippen LogP contribution >= 0.6 is 11.3 Å². The Morgan fingerprint density at radius 3 is 2.85 bits per heavy atom. The van der Waals surface area contributed by atoms with E-state index in [1.807, 2.05) is 35.6 Å². The summed E-state index contributed by atoms with van der Waals surface area (Å²) in [4.78, 5) is 9.67. The number of hydrogen-bond acceptors (Lipinski definition) is 4. The Bertz CT molecular complexity index is 769. The lowest BCUT2D eigenvalue weighted by atomic mass is 10.1. The van der Waals surface area contributed by atoms with Gasteiger partial charge < -0.3 is 10.6 Å². The van der Waals surface area contributed by atoms with Crippen molar-refractivity contribution in [1.82, 2.24) is 14.3 Å². The highest BCUT2D eigenvalue weighted by atomic mass is 32.1. The smallest absolute Gasteiger partial charge is 0.194 e. The van der Waals surface area contributed by atoms with Crippen molar-refractivity contribution in [3.63, 3.8) is 0 Å². The monoisotopic (exact) mass is 284 g/mol. The lowest BCUT2D eigenvalue weighted by Gasteiger charge is -2.21. The molecular formula is C15H16N4S. The van der Waals surface area contributed by atoms with Gasteiger partial charge in [-0.3, -0.25) is 4.40 Å². The highest BCUT2D eigenvalue weighted by Crippen LogP contribution is 2.30. The molecule has 4 nitrogen and oxygen atoms in total. The zero-order valence-corrected chi connectivity index (χ0v) is 12.2. The largest absolute Gasteiger partial charge is 0.399 e. The summed E-state index contributed by atoms with van der Waals surface area (Å²) in [7, 11) is 2.17. The second-order valence-corrected chi connectivity index (χ2v) is 6.42. The van der Waals surface area contributed by atoms with Crippen molar-refractivity contribution in [3.8, 4) is 11.3 Å². The molecule has 5 heteroatoms. The van der Waals surface area contributed by atoms with Crippen LogP contribution in [0.25, 0.3) is 16.2 Å². The molecule has 1 aromatic carbocycles. The third-order valence-electron chi connectivity index (χ3n) is 3.85. The van der Waals surface area contributed by atoms with Gasteiger partial charge in [0, 0.05) is 47.5 Å². The molecule has 0 saturated carbocycles. The molecule has 20 heavy (non-hydrogen) atoms. The molecule has 0 atom stereocenters. The molecule has 0 amide bonds. The highest BCUT2D eigenvalue weighted by molar-refractivity contribution is 7.17. The number of nitrogen functional groups attached to an aromatic ring is 1. The summed E-state index contributed by atoms with van der Waals surface area (Å²) in [6.07, 6.45) is 3.25. The molecule has 2 N–H and O–H groups in total. The van der Waals surface area contributed by atoms with Crippen molar-refractivity contribution >= 4 is 22.0 Å². The zero-order chi connectivity index (χ0) is 13.7. The van der Waals surface area contributed by atoms with Gasteiger partial charge in [0.1, 0.15) is 0 Å². The molecule has 0 unspecified atom stereocenters. The van der Waals surface area contributed by atoms with Crippen molar-refractivity contribution in [2.24, 2.45) is 0 Å². The van der Waals surface area contributed by atoms with E-state index in [2.05, 4.69) is 22.5 Å². The van der Waals surface area contributed by atoms with Crippen molar-refractivity contribution in [3.05, 3.63) is 41.0 Å². The predicted octanol–water partition coefficient (Wildman–Crippen LogP) is 2.63. The molecule has 102 valence electrons. The molecule has 3 heterocycles. The summed E-state index contributed by atoms with van der Waals surface area (Å²) >= 11 is 1.81. The number of nitrogens with zero attached hydrogens (tertiary/aromatic N) is 3. The summed E-state index contributed by atoms with van der Waals surface area (Å²) in [5.41, 5.74) is 10.1. The molecule has 0 fully saturated rings. The van der Waals surface area contributed by atoms with E-state index in [0.717, 1.165) is 41.4 Å². The first-order valence-corrected chi connectivity index (χ1v) is 7.56. The molecule has 4 rings (SSSR count). The number of imidazole rings is 1. The molecule has 3 aromatic rings. The first-order chi connectivity index (χ1) is 9.70. The number of anilines is 1. The van der Waals surface area contributed by atoms with Crippen LogP contribution < -0.4 is 5.73 Å². The first-order valence-electron chi connectivity index (χ1n) is 6.75. The number of rotatable bonds is 1. The Labute approximate surface area is 121 Å². The van der Waals surface area contributed by atoms with Crippen LogP contribution in [0.4, 0.5) is 5.69 Å². The third kappa shape index (κ3) is 1.82. The Hall–Kier alpha value is -1.85. The molecule has 0 spiro atoms. The second-order valence-electron chi connectivity index (χ2n) is 5.36. The van der Waals surface area contributed by atoms with Gasteiger partial charge in [0.2, 0.25) is 0 Å². The summed E-state index contributed by atoms with van der Waals surface area (Å²) < 4.78 is 2.26. The second kappa shape index (κ2) is 4.33. The lowest BCUT2D eigenvalue weighted by Crippen LogP contribution is -2.26. The van der Waals surface area contributed by atoms with E-state index in [-0.39, 0.29) is 0 Å². The zero-order valence-electron chi connectivity index (χ0n) is 11.3. The third-order valence-corrected chi connectivity index (χ3v) is 4.93. The number of benzene rings is 1. The van der Waals surface area contributed by atoms with Gasteiger partial charge in [0.15, 0.2) is 4.96 Å². The van der Waals surface area contributed by atoms with E-state index in [9.17, 15) is 0 Å². The predicted molar refractivity (Wildman–Crippen MR) is 83.0 cm³/mol. The van der Waals surface area contributed by atoms with Gasteiger partial charge in [0.25, 0.3) is 0 Å². The van der Waals surface area contributed by atoms with Gasteiger partial charge in [-0.2, -0.15) is 0 Å². The Morgan fingerprint density at radius 1 is 1.25 bits per heavy atom. The van der Waals surface area contributed by atoms with Gasteiger partial charge in [-0.15, -0.1) is 0 Å². The minimum absolute atomic E-state index is 0.787. The fourth-order valence-electron chi connectivity index (χ4n) is 2.73. The van der Waals surface area contributed by atoms with Gasteiger partial charge in [0.05, 0.1) is 5.69 Å². The number of nitrogens with two attached hydrogens (primary N) is 1. The van der Waals surface area contributed by atoms with Gasteiger partial charge in [-0.25, -0.2) is 4.98 Å². The summed E-state index contributed by atoms with van der Waals surface area (Å²) in [6, 6.07) is 7.91. The maximum Gasteiger partial charge on any atom is 0.194 e. The summed E-state index contributed by atoms with van der Waals surface area (Å²) in [6.45, 7) is 2.16. The van der Waals surface area contributed by atoms with Crippen molar-refractivity contribution in [2.45, 2.75) is 13.0 Å². The summed E-state index contributed by atoms with van der Waals surface area (Å²) in [5, 5.41) is 0.